The fourth-order valence-corrected chi connectivity index (χ4v) is 5.12. The molecule has 4 aromatic carbocycles. The first-order valence-corrected chi connectivity index (χ1v) is 14.8. The maximum Gasteiger partial charge on any atom is 0.337 e. The van der Waals surface area contributed by atoms with E-state index in [1.807, 2.05) is 54.6 Å². The van der Waals surface area contributed by atoms with Crippen LogP contribution in [0.3, 0.4) is 0 Å². The molecular weight excluding hydrogens is 572 g/mol. The average molecular weight is 611 g/mol. The molecule has 1 aliphatic heterocycles. The highest BCUT2D eigenvalue weighted by Gasteiger charge is 2.17. The number of hydrogen-bond donors (Lipinski definition) is 0. The predicted molar refractivity (Wildman–Crippen MR) is 173 cm³/mol. The third-order valence-electron chi connectivity index (χ3n) is 7.51. The molecule has 0 spiro atoms. The predicted octanol–water partition coefficient (Wildman–Crippen LogP) is 8.17. The molecular formula is C37H38O8. The van der Waals surface area contributed by atoms with Gasteiger partial charge in [-0.25, -0.2) is 4.79 Å². The van der Waals surface area contributed by atoms with E-state index in [0.29, 0.717) is 29.4 Å². The normalized spacial score (nSPS) is 14.6. The Balaban J connectivity index is 1.44. The van der Waals surface area contributed by atoms with E-state index in [4.69, 9.17) is 33.2 Å². The summed E-state index contributed by atoms with van der Waals surface area (Å²) in [6, 6.07) is 24.4. The van der Waals surface area contributed by atoms with Gasteiger partial charge in [0.05, 0.1) is 40.6 Å². The average Bonchev–Trinajstić information content (AvgIpc) is 3.10. The lowest BCUT2D eigenvalue weighted by Gasteiger charge is -2.23. The van der Waals surface area contributed by atoms with Crippen molar-refractivity contribution in [1.82, 2.24) is 0 Å². The number of ether oxygens (including phenoxy) is 7. The Kier molecular flexibility index (Phi) is 10.7. The van der Waals surface area contributed by atoms with Gasteiger partial charge in [-0.05, 0) is 91.1 Å². The minimum Gasteiger partial charge on any atom is -0.497 e. The second kappa shape index (κ2) is 15.3. The molecule has 0 saturated carbocycles. The van der Waals surface area contributed by atoms with Crippen molar-refractivity contribution < 1.29 is 38.0 Å². The van der Waals surface area contributed by atoms with Crippen LogP contribution in [0.1, 0.15) is 46.3 Å². The molecule has 0 N–H and O–H groups in total. The van der Waals surface area contributed by atoms with Crippen molar-refractivity contribution >= 4 is 18.1 Å². The molecule has 1 unspecified atom stereocenters. The summed E-state index contributed by atoms with van der Waals surface area (Å²) in [5.41, 5.74) is 4.92. The summed E-state index contributed by atoms with van der Waals surface area (Å²) >= 11 is 0. The van der Waals surface area contributed by atoms with E-state index in [-0.39, 0.29) is 6.29 Å². The molecule has 5 rings (SSSR count). The van der Waals surface area contributed by atoms with Gasteiger partial charge in [0, 0.05) is 23.3 Å². The quantitative estimate of drug-likeness (QED) is 0.117. The molecule has 1 aliphatic rings. The molecule has 0 aliphatic carbocycles. The van der Waals surface area contributed by atoms with Gasteiger partial charge in [-0.1, -0.05) is 30.4 Å². The van der Waals surface area contributed by atoms with Crippen LogP contribution in [-0.4, -0.2) is 47.3 Å². The minimum absolute atomic E-state index is 0.172. The summed E-state index contributed by atoms with van der Waals surface area (Å²) in [7, 11) is 6.28. The number of rotatable bonds is 12. The molecule has 234 valence electrons. The molecule has 8 heteroatoms. The fraction of sp³-hybridized carbons (Fsp3) is 0.270. The Morgan fingerprint density at radius 3 is 2.29 bits per heavy atom. The van der Waals surface area contributed by atoms with E-state index < -0.39 is 5.97 Å². The van der Waals surface area contributed by atoms with Gasteiger partial charge in [-0.15, -0.1) is 0 Å². The van der Waals surface area contributed by atoms with Crippen LogP contribution in [0.2, 0.25) is 0 Å². The summed E-state index contributed by atoms with van der Waals surface area (Å²) in [6.45, 7) is 1.17. The van der Waals surface area contributed by atoms with Crippen LogP contribution in [-0.2, 0) is 20.8 Å². The molecule has 45 heavy (non-hydrogen) atoms. The Bertz CT molecular complexity index is 1640. The summed E-state index contributed by atoms with van der Waals surface area (Å²) in [5.74, 6) is 2.80. The van der Waals surface area contributed by atoms with E-state index in [2.05, 4.69) is 12.1 Å². The van der Waals surface area contributed by atoms with Gasteiger partial charge < -0.3 is 33.2 Å². The molecule has 1 saturated heterocycles. The zero-order valence-electron chi connectivity index (χ0n) is 26.0. The fourth-order valence-electron chi connectivity index (χ4n) is 5.12. The van der Waals surface area contributed by atoms with Crippen molar-refractivity contribution in [2.75, 3.05) is 35.0 Å². The second-order valence-electron chi connectivity index (χ2n) is 10.5. The molecule has 0 aromatic heterocycles. The highest BCUT2D eigenvalue weighted by atomic mass is 16.7. The zero-order valence-corrected chi connectivity index (χ0v) is 26.0. The van der Waals surface area contributed by atoms with Crippen molar-refractivity contribution in [1.29, 1.82) is 0 Å². The van der Waals surface area contributed by atoms with E-state index in [1.54, 1.807) is 45.6 Å². The Labute approximate surface area is 264 Å². The molecule has 1 fully saturated rings. The van der Waals surface area contributed by atoms with Gasteiger partial charge >= 0.3 is 5.97 Å². The maximum absolute atomic E-state index is 12.0. The van der Waals surface area contributed by atoms with Gasteiger partial charge in [0.15, 0.2) is 6.29 Å². The number of carbonyl (C=O) groups is 1. The van der Waals surface area contributed by atoms with Crippen molar-refractivity contribution in [3.05, 3.63) is 101 Å². The van der Waals surface area contributed by atoms with Crippen LogP contribution >= 0.6 is 0 Å². The van der Waals surface area contributed by atoms with Gasteiger partial charge in [0.2, 0.25) is 0 Å². The Morgan fingerprint density at radius 2 is 1.56 bits per heavy atom. The first kappa shape index (κ1) is 31.6. The van der Waals surface area contributed by atoms with Crippen LogP contribution in [0.25, 0.3) is 23.3 Å². The molecule has 4 aromatic rings. The Morgan fingerprint density at radius 1 is 0.778 bits per heavy atom. The number of hydrogen-bond acceptors (Lipinski definition) is 8. The third kappa shape index (κ3) is 8.03. The summed E-state index contributed by atoms with van der Waals surface area (Å²) in [4.78, 5) is 12.0. The second-order valence-corrected chi connectivity index (χ2v) is 10.5. The number of esters is 1. The first-order valence-electron chi connectivity index (χ1n) is 14.8. The SMILES string of the molecule is COC(=O)c1cccc(Oc2ccc(OC)cc2/C=C/c2ccc(OC)c(-c3cc(COC4CCCCO4)ccc3OC)c2)c1. The highest BCUT2D eigenvalue weighted by Crippen LogP contribution is 2.39. The van der Waals surface area contributed by atoms with E-state index in [1.165, 1.54) is 7.11 Å². The zero-order chi connectivity index (χ0) is 31.6. The number of carbonyl (C=O) groups excluding carboxylic acids is 1. The molecule has 0 bridgehead atoms. The number of benzene rings is 4. The van der Waals surface area contributed by atoms with Gasteiger partial charge in [0.25, 0.3) is 0 Å². The molecule has 8 nitrogen and oxygen atoms in total. The molecule has 1 atom stereocenters. The van der Waals surface area contributed by atoms with E-state index >= 15 is 0 Å². The lowest BCUT2D eigenvalue weighted by Crippen LogP contribution is -2.22. The molecule has 0 radical (unpaired) electrons. The molecule has 1 heterocycles. The summed E-state index contributed by atoms with van der Waals surface area (Å²) in [5, 5.41) is 0. The standard InChI is InChI=1S/C37H38O8/c1-39-29-15-18-33(45-30-9-7-8-28(23-30)37(38)42-4)27(22-29)14-11-25-12-16-34(40-2)31(20-25)32-21-26(13-17-35(32)41-3)24-44-36-10-5-6-19-43-36/h7-9,11-18,20-23,36H,5-6,10,19,24H2,1-4H3/b14-11+. The largest absolute Gasteiger partial charge is 0.497 e. The highest BCUT2D eigenvalue weighted by molar-refractivity contribution is 5.89. The monoisotopic (exact) mass is 610 g/mol. The van der Waals surface area contributed by atoms with Gasteiger partial charge in [0.1, 0.15) is 28.7 Å². The van der Waals surface area contributed by atoms with Crippen molar-refractivity contribution in [3.63, 3.8) is 0 Å². The van der Waals surface area contributed by atoms with Gasteiger partial charge in [-0.3, -0.25) is 0 Å². The van der Waals surface area contributed by atoms with Crippen molar-refractivity contribution in [2.45, 2.75) is 32.2 Å². The summed E-state index contributed by atoms with van der Waals surface area (Å²) in [6.07, 6.45) is 6.88. The minimum atomic E-state index is -0.432. The lowest BCUT2D eigenvalue weighted by molar-refractivity contribution is -0.168. The third-order valence-corrected chi connectivity index (χ3v) is 7.51. The van der Waals surface area contributed by atoms with E-state index in [0.717, 1.165) is 65.2 Å². The van der Waals surface area contributed by atoms with Crippen molar-refractivity contribution in [2.24, 2.45) is 0 Å². The smallest absolute Gasteiger partial charge is 0.337 e. The Hall–Kier alpha value is -4.79. The van der Waals surface area contributed by atoms with Crippen LogP contribution in [0.4, 0.5) is 0 Å². The lowest BCUT2D eigenvalue weighted by atomic mass is 9.98. The van der Waals surface area contributed by atoms with Crippen LogP contribution in [0.5, 0.6) is 28.7 Å². The van der Waals surface area contributed by atoms with Crippen LogP contribution in [0, 0.1) is 0 Å². The van der Waals surface area contributed by atoms with Crippen LogP contribution in [0.15, 0.2) is 78.9 Å². The first-order chi connectivity index (χ1) is 22.0. The summed E-state index contributed by atoms with van der Waals surface area (Å²) < 4.78 is 39.8. The maximum atomic E-state index is 12.0. The topological polar surface area (TPSA) is 81.7 Å². The number of methoxy groups -OCH3 is 4. The van der Waals surface area contributed by atoms with Gasteiger partial charge in [-0.2, -0.15) is 0 Å². The van der Waals surface area contributed by atoms with Crippen molar-refractivity contribution in [3.8, 4) is 39.9 Å². The van der Waals surface area contributed by atoms with E-state index in [9.17, 15) is 4.79 Å². The molecule has 0 amide bonds. The van der Waals surface area contributed by atoms with Crippen LogP contribution < -0.4 is 18.9 Å².